The predicted molar refractivity (Wildman–Crippen MR) is 37.7 cm³/mol. The predicted octanol–water partition coefficient (Wildman–Crippen LogP) is 0.909. The van der Waals surface area contributed by atoms with Crippen molar-refractivity contribution in [2.45, 2.75) is 25.1 Å². The Kier molecular flexibility index (Phi) is 2.95. The van der Waals surface area contributed by atoms with Gasteiger partial charge in [0.15, 0.2) is 0 Å². The molecule has 0 bridgehead atoms. The third-order valence-corrected chi connectivity index (χ3v) is 2.17. The Balaban J connectivity index is 2.36. The van der Waals surface area contributed by atoms with E-state index in [2.05, 4.69) is 5.32 Å². The molecule has 1 aliphatic rings. The van der Waals surface area contributed by atoms with Gasteiger partial charge in [0.05, 0.1) is 0 Å². The minimum Gasteiger partial charge on any atom is -0.396 e. The minimum atomic E-state index is -4.14. The molecule has 1 aliphatic heterocycles. The second-order valence-corrected chi connectivity index (χ2v) is 3.13. The first-order valence-corrected chi connectivity index (χ1v) is 3.95. The van der Waals surface area contributed by atoms with E-state index in [0.29, 0.717) is 6.42 Å². The lowest BCUT2D eigenvalue weighted by Gasteiger charge is -2.30. The normalized spacial score (nSPS) is 32.0. The van der Waals surface area contributed by atoms with Gasteiger partial charge in [0.25, 0.3) is 0 Å². The van der Waals surface area contributed by atoms with Gasteiger partial charge in [0, 0.05) is 13.2 Å². The van der Waals surface area contributed by atoms with E-state index >= 15 is 0 Å². The van der Waals surface area contributed by atoms with Crippen molar-refractivity contribution in [3.63, 3.8) is 0 Å². The lowest BCUT2D eigenvalue weighted by molar-refractivity contribution is -0.162. The molecule has 1 saturated heterocycles. The molecular formula is C7H12F3NO. The zero-order chi connectivity index (χ0) is 9.19. The van der Waals surface area contributed by atoms with E-state index in [1.807, 2.05) is 0 Å². The molecule has 2 atom stereocenters. The van der Waals surface area contributed by atoms with Crippen LogP contribution in [0, 0.1) is 5.92 Å². The van der Waals surface area contributed by atoms with Crippen molar-refractivity contribution in [2.75, 3.05) is 13.2 Å². The lowest BCUT2D eigenvalue weighted by Crippen LogP contribution is -2.48. The van der Waals surface area contributed by atoms with Gasteiger partial charge in [-0.15, -0.1) is 0 Å². The first-order chi connectivity index (χ1) is 5.54. The summed E-state index contributed by atoms with van der Waals surface area (Å²) in [5.41, 5.74) is 0. The fourth-order valence-corrected chi connectivity index (χ4v) is 1.35. The molecule has 72 valence electrons. The molecule has 1 rings (SSSR count). The Labute approximate surface area is 68.8 Å². The van der Waals surface area contributed by atoms with E-state index in [0.717, 1.165) is 0 Å². The van der Waals surface area contributed by atoms with Crippen LogP contribution >= 0.6 is 0 Å². The average Bonchev–Trinajstić information content (AvgIpc) is 2.03. The molecule has 2 N–H and O–H groups in total. The highest BCUT2D eigenvalue weighted by Crippen LogP contribution is 2.27. The van der Waals surface area contributed by atoms with E-state index < -0.39 is 12.2 Å². The van der Waals surface area contributed by atoms with Crippen molar-refractivity contribution < 1.29 is 18.3 Å². The van der Waals surface area contributed by atoms with Gasteiger partial charge in [-0.2, -0.15) is 13.2 Å². The van der Waals surface area contributed by atoms with Gasteiger partial charge in [-0.3, -0.25) is 0 Å². The van der Waals surface area contributed by atoms with Crippen molar-refractivity contribution in [1.29, 1.82) is 0 Å². The van der Waals surface area contributed by atoms with Crippen molar-refractivity contribution in [2.24, 2.45) is 5.92 Å². The van der Waals surface area contributed by atoms with Gasteiger partial charge in [-0.1, -0.05) is 0 Å². The summed E-state index contributed by atoms with van der Waals surface area (Å²) < 4.78 is 36.1. The second-order valence-electron chi connectivity index (χ2n) is 3.13. The number of alkyl halides is 3. The summed E-state index contributed by atoms with van der Waals surface area (Å²) in [6.07, 6.45) is -3.61. The Morgan fingerprint density at radius 2 is 2.00 bits per heavy atom. The molecule has 1 fully saturated rings. The lowest BCUT2D eigenvalue weighted by atomic mass is 9.95. The van der Waals surface area contributed by atoms with Crippen LogP contribution in [0.1, 0.15) is 12.8 Å². The summed E-state index contributed by atoms with van der Waals surface area (Å²) in [7, 11) is 0. The van der Waals surface area contributed by atoms with Gasteiger partial charge < -0.3 is 10.4 Å². The maximum Gasteiger partial charge on any atom is 0.403 e. The van der Waals surface area contributed by atoms with Crippen LogP contribution in [-0.2, 0) is 0 Å². The number of hydrogen-bond acceptors (Lipinski definition) is 2. The summed E-state index contributed by atoms with van der Waals surface area (Å²) in [5.74, 6) is -0.0106. The van der Waals surface area contributed by atoms with Crippen LogP contribution in [0.2, 0.25) is 0 Å². The third-order valence-electron chi connectivity index (χ3n) is 2.17. The van der Waals surface area contributed by atoms with Crippen LogP contribution in [0.15, 0.2) is 0 Å². The SMILES string of the molecule is OCC1CCC(C(F)(F)F)NC1. The number of halogens is 3. The molecule has 5 heteroatoms. The van der Waals surface area contributed by atoms with Crippen LogP contribution < -0.4 is 5.32 Å². The number of rotatable bonds is 1. The van der Waals surface area contributed by atoms with E-state index in [9.17, 15) is 13.2 Å². The molecule has 0 amide bonds. The number of hydrogen-bond donors (Lipinski definition) is 2. The van der Waals surface area contributed by atoms with Crippen LogP contribution in [0.3, 0.4) is 0 Å². The Hall–Kier alpha value is -0.290. The largest absolute Gasteiger partial charge is 0.403 e. The van der Waals surface area contributed by atoms with Crippen molar-refractivity contribution >= 4 is 0 Å². The molecule has 2 unspecified atom stereocenters. The Bertz CT molecular complexity index is 140. The summed E-state index contributed by atoms with van der Waals surface area (Å²) in [6, 6.07) is -1.37. The number of nitrogens with one attached hydrogen (secondary N) is 1. The number of piperidine rings is 1. The van der Waals surface area contributed by atoms with Crippen molar-refractivity contribution in [1.82, 2.24) is 5.32 Å². The zero-order valence-electron chi connectivity index (χ0n) is 6.56. The molecular weight excluding hydrogens is 171 g/mol. The van der Waals surface area contributed by atoms with E-state index in [1.54, 1.807) is 0 Å². The van der Waals surface area contributed by atoms with Crippen LogP contribution in [0.5, 0.6) is 0 Å². The number of aliphatic hydroxyl groups excluding tert-OH is 1. The Morgan fingerprint density at radius 1 is 1.33 bits per heavy atom. The molecule has 12 heavy (non-hydrogen) atoms. The quantitative estimate of drug-likeness (QED) is 0.633. The standard InChI is InChI=1S/C7H12F3NO/c8-7(9,10)6-2-1-5(4-12)3-11-6/h5-6,11-12H,1-4H2. The molecule has 0 aromatic heterocycles. The highest BCUT2D eigenvalue weighted by Gasteiger charge is 2.41. The fourth-order valence-electron chi connectivity index (χ4n) is 1.35. The third kappa shape index (κ3) is 2.35. The maximum atomic E-state index is 12.0. The smallest absolute Gasteiger partial charge is 0.396 e. The molecule has 0 saturated carbocycles. The van der Waals surface area contributed by atoms with E-state index in [1.165, 1.54) is 0 Å². The molecule has 0 aromatic rings. The molecule has 0 aromatic carbocycles. The summed E-state index contributed by atoms with van der Waals surface area (Å²) in [4.78, 5) is 0. The molecule has 0 radical (unpaired) electrons. The summed E-state index contributed by atoms with van der Waals surface area (Å²) in [5, 5.41) is 11.0. The van der Waals surface area contributed by atoms with Crippen LogP contribution in [0.4, 0.5) is 13.2 Å². The van der Waals surface area contributed by atoms with E-state index in [4.69, 9.17) is 5.11 Å². The summed E-state index contributed by atoms with van der Waals surface area (Å²) in [6.45, 7) is 0.234. The Morgan fingerprint density at radius 3 is 2.33 bits per heavy atom. The van der Waals surface area contributed by atoms with Gasteiger partial charge in [0.1, 0.15) is 6.04 Å². The van der Waals surface area contributed by atoms with Gasteiger partial charge in [-0.05, 0) is 18.8 Å². The van der Waals surface area contributed by atoms with Crippen molar-refractivity contribution in [3.8, 4) is 0 Å². The second kappa shape index (κ2) is 3.62. The maximum absolute atomic E-state index is 12.0. The first kappa shape index (κ1) is 9.80. The van der Waals surface area contributed by atoms with Gasteiger partial charge in [0.2, 0.25) is 0 Å². The first-order valence-electron chi connectivity index (χ1n) is 3.95. The fraction of sp³-hybridized carbons (Fsp3) is 1.00. The summed E-state index contributed by atoms with van der Waals surface area (Å²) >= 11 is 0. The molecule has 2 nitrogen and oxygen atoms in total. The van der Waals surface area contributed by atoms with Gasteiger partial charge >= 0.3 is 6.18 Å². The van der Waals surface area contributed by atoms with E-state index in [-0.39, 0.29) is 25.5 Å². The number of aliphatic hydroxyl groups is 1. The molecule has 0 aliphatic carbocycles. The monoisotopic (exact) mass is 183 g/mol. The van der Waals surface area contributed by atoms with Crippen LogP contribution in [-0.4, -0.2) is 30.5 Å². The highest BCUT2D eigenvalue weighted by atomic mass is 19.4. The van der Waals surface area contributed by atoms with Gasteiger partial charge in [-0.25, -0.2) is 0 Å². The average molecular weight is 183 g/mol. The van der Waals surface area contributed by atoms with Crippen LogP contribution in [0.25, 0.3) is 0 Å². The zero-order valence-corrected chi connectivity index (χ0v) is 6.56. The minimum absolute atomic E-state index is 0.0106. The topological polar surface area (TPSA) is 32.3 Å². The van der Waals surface area contributed by atoms with Crippen molar-refractivity contribution in [3.05, 3.63) is 0 Å². The molecule has 0 spiro atoms. The highest BCUT2D eigenvalue weighted by molar-refractivity contribution is 4.82. The molecule has 1 heterocycles.